The monoisotopic (exact) mass is 455 g/mol. The Morgan fingerprint density at radius 1 is 1.12 bits per heavy atom. The van der Waals surface area contributed by atoms with E-state index in [1.807, 2.05) is 0 Å². The van der Waals surface area contributed by atoms with Crippen LogP contribution in [-0.4, -0.2) is 60.0 Å². The van der Waals surface area contributed by atoms with Crippen LogP contribution >= 0.6 is 0 Å². The molecule has 4 fully saturated rings. The van der Waals surface area contributed by atoms with Crippen LogP contribution in [0.25, 0.3) is 0 Å². The number of fused-ring (bicyclic) bond motifs is 2. The van der Waals surface area contributed by atoms with Gasteiger partial charge in [0.15, 0.2) is 0 Å². The summed E-state index contributed by atoms with van der Waals surface area (Å²) in [6.07, 6.45) is 7.63. The van der Waals surface area contributed by atoms with Gasteiger partial charge in [0.05, 0.1) is 17.1 Å². The number of ether oxygens (including phenoxy) is 2. The molecule has 0 aromatic heterocycles. The molecule has 0 bridgehead atoms. The molecule has 2 heterocycles. The van der Waals surface area contributed by atoms with Gasteiger partial charge in [0.25, 0.3) is 0 Å². The van der Waals surface area contributed by atoms with Crippen molar-refractivity contribution >= 4 is 5.97 Å². The van der Waals surface area contributed by atoms with Crippen LogP contribution in [0.1, 0.15) is 64.4 Å². The SMILES string of the molecule is CO[C@]1(C)CCC[C@]2(C)C[C@H]3OC(=O)[C@@H](CN4CCC(Cc5ccccc5)CC4)[C@@H]3C[C@]21O. The van der Waals surface area contributed by atoms with Crippen molar-refractivity contribution in [3.05, 3.63) is 35.9 Å². The highest BCUT2D eigenvalue weighted by molar-refractivity contribution is 5.75. The fourth-order valence-electron chi connectivity index (χ4n) is 7.69. The minimum absolute atomic E-state index is 0.0543. The largest absolute Gasteiger partial charge is 0.462 e. The number of likely N-dealkylation sites (tertiary alicyclic amines) is 1. The van der Waals surface area contributed by atoms with Crippen molar-refractivity contribution in [1.82, 2.24) is 4.90 Å². The first kappa shape index (κ1) is 23.3. The molecule has 1 N–H and O–H groups in total. The molecule has 33 heavy (non-hydrogen) atoms. The Balaban J connectivity index is 1.25. The first-order valence-corrected chi connectivity index (χ1v) is 13.0. The summed E-state index contributed by atoms with van der Waals surface area (Å²) in [4.78, 5) is 15.5. The molecule has 0 spiro atoms. The second-order valence-corrected chi connectivity index (χ2v) is 11.8. The lowest BCUT2D eigenvalue weighted by Gasteiger charge is -2.62. The maximum atomic E-state index is 13.0. The molecule has 1 aromatic rings. The predicted molar refractivity (Wildman–Crippen MR) is 128 cm³/mol. The van der Waals surface area contributed by atoms with E-state index in [9.17, 15) is 9.90 Å². The van der Waals surface area contributed by atoms with Gasteiger partial charge in [-0.3, -0.25) is 4.79 Å². The normalized spacial score (nSPS) is 41.9. The lowest BCUT2D eigenvalue weighted by molar-refractivity contribution is -0.270. The highest BCUT2D eigenvalue weighted by Crippen LogP contribution is 2.61. The molecule has 6 atom stereocenters. The second-order valence-electron chi connectivity index (χ2n) is 11.8. The van der Waals surface area contributed by atoms with Gasteiger partial charge in [0.1, 0.15) is 6.10 Å². The quantitative estimate of drug-likeness (QED) is 0.674. The first-order chi connectivity index (χ1) is 15.8. The van der Waals surface area contributed by atoms with Gasteiger partial charge in [0.2, 0.25) is 0 Å². The molecule has 0 radical (unpaired) electrons. The minimum atomic E-state index is -0.928. The van der Waals surface area contributed by atoms with Crippen LogP contribution in [-0.2, 0) is 20.7 Å². The van der Waals surface area contributed by atoms with Crippen molar-refractivity contribution in [3.8, 4) is 0 Å². The summed E-state index contributed by atoms with van der Waals surface area (Å²) in [7, 11) is 1.73. The molecule has 0 amide bonds. The lowest BCUT2D eigenvalue weighted by Crippen LogP contribution is -2.69. The Morgan fingerprint density at radius 2 is 1.85 bits per heavy atom. The standard InChI is InChI=1S/C28H41NO4/c1-26-12-7-13-27(2,32-3)28(26,31)17-22-23(25(30)33-24(22)18-26)19-29-14-10-21(11-15-29)16-20-8-5-4-6-9-20/h4-6,8-9,21-24,31H,7,10-19H2,1-3H3/t22-,23-,24+,26+,27+,28-/m0/s1. The summed E-state index contributed by atoms with van der Waals surface area (Å²) in [5.74, 6) is 0.594. The number of carbonyl (C=O) groups excluding carboxylic acids is 1. The summed E-state index contributed by atoms with van der Waals surface area (Å²) in [5, 5.41) is 12.1. The van der Waals surface area contributed by atoms with Crippen molar-refractivity contribution in [1.29, 1.82) is 0 Å². The van der Waals surface area contributed by atoms with Crippen LogP contribution in [0.3, 0.4) is 0 Å². The Kier molecular flexibility index (Phi) is 6.12. The van der Waals surface area contributed by atoms with Gasteiger partial charge in [-0.15, -0.1) is 0 Å². The Hall–Kier alpha value is -1.43. The van der Waals surface area contributed by atoms with Gasteiger partial charge in [-0.2, -0.15) is 0 Å². The van der Waals surface area contributed by atoms with E-state index in [2.05, 4.69) is 49.1 Å². The number of methoxy groups -OCH3 is 1. The summed E-state index contributed by atoms with van der Waals surface area (Å²) >= 11 is 0. The zero-order chi connectivity index (χ0) is 23.3. The Bertz CT molecular complexity index is 853. The summed E-state index contributed by atoms with van der Waals surface area (Å²) in [6.45, 7) is 7.08. The van der Waals surface area contributed by atoms with Crippen molar-refractivity contribution < 1.29 is 19.4 Å². The highest BCUT2D eigenvalue weighted by Gasteiger charge is 2.67. The third kappa shape index (κ3) is 3.94. The maximum absolute atomic E-state index is 13.0. The van der Waals surface area contributed by atoms with Gasteiger partial charge in [-0.1, -0.05) is 37.3 Å². The molecule has 2 saturated heterocycles. The third-order valence-corrected chi connectivity index (χ3v) is 9.98. The topological polar surface area (TPSA) is 59.0 Å². The number of carbonyl (C=O) groups is 1. The second kappa shape index (κ2) is 8.66. The van der Waals surface area contributed by atoms with E-state index in [4.69, 9.17) is 9.47 Å². The molecule has 5 rings (SSSR count). The third-order valence-electron chi connectivity index (χ3n) is 9.98. The molecule has 1 aromatic carbocycles. The molecule has 5 nitrogen and oxygen atoms in total. The summed E-state index contributed by atoms with van der Waals surface area (Å²) in [6, 6.07) is 10.8. The average molecular weight is 456 g/mol. The summed E-state index contributed by atoms with van der Waals surface area (Å²) < 4.78 is 11.9. The lowest BCUT2D eigenvalue weighted by atomic mass is 9.49. The maximum Gasteiger partial charge on any atom is 0.310 e. The zero-order valence-corrected chi connectivity index (χ0v) is 20.6. The zero-order valence-electron chi connectivity index (χ0n) is 20.6. The van der Waals surface area contributed by atoms with E-state index in [1.54, 1.807) is 7.11 Å². The molecular formula is C28H41NO4. The Morgan fingerprint density at radius 3 is 2.55 bits per heavy atom. The number of nitrogens with zero attached hydrogens (tertiary/aromatic N) is 1. The predicted octanol–water partition coefficient (Wildman–Crippen LogP) is 4.22. The van der Waals surface area contributed by atoms with Crippen LogP contribution in [0.2, 0.25) is 0 Å². The molecule has 0 unspecified atom stereocenters. The molecule has 5 heteroatoms. The number of piperidine rings is 1. The average Bonchev–Trinajstić information content (AvgIpc) is 3.08. The van der Waals surface area contributed by atoms with Crippen molar-refractivity contribution in [2.45, 2.75) is 82.5 Å². The molecule has 2 aliphatic carbocycles. The number of benzene rings is 1. The van der Waals surface area contributed by atoms with Crippen LogP contribution in [0.4, 0.5) is 0 Å². The van der Waals surface area contributed by atoms with Crippen LogP contribution in [0.15, 0.2) is 30.3 Å². The van der Waals surface area contributed by atoms with Crippen LogP contribution in [0, 0.1) is 23.2 Å². The van der Waals surface area contributed by atoms with Gasteiger partial charge in [-0.05, 0) is 82.9 Å². The van der Waals surface area contributed by atoms with E-state index < -0.39 is 11.2 Å². The molecule has 182 valence electrons. The van der Waals surface area contributed by atoms with E-state index in [1.165, 1.54) is 18.4 Å². The van der Waals surface area contributed by atoms with Crippen LogP contribution in [0.5, 0.6) is 0 Å². The molecule has 2 saturated carbocycles. The number of esters is 1. The molecular weight excluding hydrogens is 414 g/mol. The summed E-state index contributed by atoms with van der Waals surface area (Å²) in [5.41, 5.74) is -0.354. The first-order valence-electron chi connectivity index (χ1n) is 13.0. The minimum Gasteiger partial charge on any atom is -0.462 e. The van der Waals surface area contributed by atoms with Crippen molar-refractivity contribution in [2.24, 2.45) is 23.2 Å². The number of aliphatic hydroxyl groups is 1. The number of hydrogen-bond acceptors (Lipinski definition) is 5. The van der Waals surface area contributed by atoms with Gasteiger partial charge in [0, 0.05) is 25.0 Å². The highest BCUT2D eigenvalue weighted by atomic mass is 16.6. The van der Waals surface area contributed by atoms with Crippen molar-refractivity contribution in [2.75, 3.05) is 26.7 Å². The fraction of sp³-hybridized carbons (Fsp3) is 0.750. The van der Waals surface area contributed by atoms with Crippen molar-refractivity contribution in [3.63, 3.8) is 0 Å². The fourth-order valence-corrected chi connectivity index (χ4v) is 7.69. The van der Waals surface area contributed by atoms with E-state index in [0.29, 0.717) is 12.3 Å². The molecule has 4 aliphatic rings. The van der Waals surface area contributed by atoms with Crippen LogP contribution < -0.4 is 0 Å². The number of hydrogen-bond donors (Lipinski definition) is 1. The van der Waals surface area contributed by atoms with Gasteiger partial charge >= 0.3 is 5.97 Å². The smallest absolute Gasteiger partial charge is 0.310 e. The van der Waals surface area contributed by atoms with E-state index >= 15 is 0 Å². The molecule has 2 aliphatic heterocycles. The number of rotatable bonds is 5. The van der Waals surface area contributed by atoms with Gasteiger partial charge < -0.3 is 19.5 Å². The van der Waals surface area contributed by atoms with E-state index in [-0.39, 0.29) is 29.3 Å². The van der Waals surface area contributed by atoms with Gasteiger partial charge in [-0.25, -0.2) is 0 Å². The Labute approximate surface area is 198 Å². The van der Waals surface area contributed by atoms with E-state index in [0.717, 1.165) is 51.7 Å².